The maximum Gasteiger partial charge on any atom is 0.0413 e. The van der Waals surface area contributed by atoms with Gasteiger partial charge in [0.25, 0.3) is 0 Å². The number of thiophene rings is 1. The van der Waals surface area contributed by atoms with Crippen LogP contribution in [0.15, 0.2) is 18.2 Å². The van der Waals surface area contributed by atoms with Gasteiger partial charge in [0.2, 0.25) is 0 Å². The van der Waals surface area contributed by atoms with Crippen molar-refractivity contribution >= 4 is 33.0 Å². The number of nitrogens with one attached hydrogen (secondary N) is 1. The predicted molar refractivity (Wildman–Crippen MR) is 71.6 cm³/mol. The van der Waals surface area contributed by atoms with Crippen LogP contribution in [0.3, 0.4) is 0 Å². The average molecular weight is 252 g/mol. The third kappa shape index (κ3) is 1.75. The van der Waals surface area contributed by atoms with Crippen molar-refractivity contribution in [1.82, 2.24) is 5.32 Å². The van der Waals surface area contributed by atoms with Crippen molar-refractivity contribution in [3.8, 4) is 0 Å². The molecular formula is C13H14ClNS. The fourth-order valence-corrected chi connectivity index (χ4v) is 3.71. The minimum Gasteiger partial charge on any atom is -0.315 e. The molecule has 1 heterocycles. The molecule has 1 nitrogen and oxygen atoms in total. The Morgan fingerprint density at radius 3 is 2.94 bits per heavy atom. The Kier molecular flexibility index (Phi) is 2.66. The lowest BCUT2D eigenvalue weighted by atomic mass is 10.1. The van der Waals surface area contributed by atoms with Crippen molar-refractivity contribution in [2.24, 2.45) is 0 Å². The van der Waals surface area contributed by atoms with Gasteiger partial charge >= 0.3 is 0 Å². The average Bonchev–Trinajstić information content (AvgIpc) is 3.02. The zero-order chi connectivity index (χ0) is 11.1. The van der Waals surface area contributed by atoms with E-state index < -0.39 is 0 Å². The summed E-state index contributed by atoms with van der Waals surface area (Å²) in [7, 11) is 2.01. The van der Waals surface area contributed by atoms with Gasteiger partial charge in [0.1, 0.15) is 0 Å². The van der Waals surface area contributed by atoms with Crippen LogP contribution in [0.5, 0.6) is 0 Å². The van der Waals surface area contributed by atoms with Crippen LogP contribution in [0.2, 0.25) is 5.02 Å². The molecule has 0 atom stereocenters. The third-order valence-corrected chi connectivity index (χ3v) is 4.51. The Morgan fingerprint density at radius 1 is 1.44 bits per heavy atom. The molecule has 3 rings (SSSR count). The summed E-state index contributed by atoms with van der Waals surface area (Å²) in [4.78, 5) is 1.49. The minimum atomic E-state index is 0.788. The summed E-state index contributed by atoms with van der Waals surface area (Å²) < 4.78 is 1.37. The molecule has 2 aromatic rings. The summed E-state index contributed by atoms with van der Waals surface area (Å²) in [6, 6.07) is 6.26. The molecule has 0 spiro atoms. The Balaban J connectivity index is 2.21. The summed E-state index contributed by atoms with van der Waals surface area (Å²) in [6.45, 7) is 0.975. The fraction of sp³-hybridized carbons (Fsp3) is 0.385. The Hall–Kier alpha value is -0.570. The van der Waals surface area contributed by atoms with Crippen LogP contribution in [0.25, 0.3) is 10.1 Å². The Morgan fingerprint density at radius 2 is 2.25 bits per heavy atom. The number of hydrogen-bond acceptors (Lipinski definition) is 2. The first kappa shape index (κ1) is 10.6. The second kappa shape index (κ2) is 4.02. The highest BCUT2D eigenvalue weighted by Gasteiger charge is 2.29. The van der Waals surface area contributed by atoms with Crippen molar-refractivity contribution < 1.29 is 0 Å². The fourth-order valence-electron chi connectivity index (χ4n) is 2.25. The SMILES string of the molecule is CNCc1sc2ccc(Cl)cc2c1C1CC1. The minimum absolute atomic E-state index is 0.788. The highest BCUT2D eigenvalue weighted by molar-refractivity contribution is 7.19. The number of hydrogen-bond donors (Lipinski definition) is 1. The van der Waals surface area contributed by atoms with Gasteiger partial charge in [0.05, 0.1) is 0 Å². The molecule has 1 aliphatic rings. The molecule has 0 saturated heterocycles. The molecule has 0 unspecified atom stereocenters. The van der Waals surface area contributed by atoms with E-state index in [1.165, 1.54) is 27.8 Å². The van der Waals surface area contributed by atoms with E-state index >= 15 is 0 Å². The molecule has 1 aliphatic carbocycles. The van der Waals surface area contributed by atoms with Gasteiger partial charge in [-0.15, -0.1) is 11.3 Å². The first-order valence-corrected chi connectivity index (χ1v) is 6.84. The van der Waals surface area contributed by atoms with E-state index in [4.69, 9.17) is 11.6 Å². The van der Waals surface area contributed by atoms with Crippen molar-refractivity contribution in [2.45, 2.75) is 25.3 Å². The van der Waals surface area contributed by atoms with Crippen LogP contribution in [0.1, 0.15) is 29.2 Å². The Labute approximate surface area is 104 Å². The molecule has 1 N–H and O–H groups in total. The third-order valence-electron chi connectivity index (χ3n) is 3.09. The molecule has 84 valence electrons. The van der Waals surface area contributed by atoms with Gasteiger partial charge in [-0.1, -0.05) is 11.6 Å². The molecule has 0 radical (unpaired) electrons. The van der Waals surface area contributed by atoms with Crippen LogP contribution in [0, 0.1) is 0 Å². The van der Waals surface area contributed by atoms with Crippen LogP contribution in [-0.2, 0) is 6.54 Å². The molecule has 0 bridgehead atoms. The van der Waals surface area contributed by atoms with Gasteiger partial charge in [-0.25, -0.2) is 0 Å². The van der Waals surface area contributed by atoms with E-state index in [2.05, 4.69) is 17.4 Å². The molecule has 1 aromatic carbocycles. The smallest absolute Gasteiger partial charge is 0.0413 e. The molecule has 0 aliphatic heterocycles. The number of fused-ring (bicyclic) bond motifs is 1. The Bertz CT molecular complexity index is 528. The van der Waals surface area contributed by atoms with Gasteiger partial charge in [0.15, 0.2) is 0 Å². The van der Waals surface area contributed by atoms with Crippen molar-refractivity contribution in [3.05, 3.63) is 33.7 Å². The van der Waals surface area contributed by atoms with E-state index in [-0.39, 0.29) is 0 Å². The molecule has 16 heavy (non-hydrogen) atoms. The first-order valence-electron chi connectivity index (χ1n) is 5.65. The van der Waals surface area contributed by atoms with Gasteiger partial charge in [0, 0.05) is 21.1 Å². The number of benzene rings is 1. The first-order chi connectivity index (χ1) is 7.79. The summed E-state index contributed by atoms with van der Waals surface area (Å²) in [6.07, 6.45) is 2.68. The van der Waals surface area contributed by atoms with Gasteiger partial charge in [-0.2, -0.15) is 0 Å². The van der Waals surface area contributed by atoms with Gasteiger partial charge in [-0.05, 0) is 55.0 Å². The highest BCUT2D eigenvalue weighted by Crippen LogP contribution is 2.48. The summed E-state index contributed by atoms with van der Waals surface area (Å²) >= 11 is 8.00. The van der Waals surface area contributed by atoms with Crippen LogP contribution in [-0.4, -0.2) is 7.05 Å². The van der Waals surface area contributed by atoms with Crippen LogP contribution in [0.4, 0.5) is 0 Å². The molecule has 1 saturated carbocycles. The lowest BCUT2D eigenvalue weighted by Gasteiger charge is -2.01. The highest BCUT2D eigenvalue weighted by atomic mass is 35.5. The lowest BCUT2D eigenvalue weighted by Crippen LogP contribution is -2.04. The monoisotopic (exact) mass is 251 g/mol. The van der Waals surface area contributed by atoms with Crippen molar-refractivity contribution in [2.75, 3.05) is 7.05 Å². The maximum atomic E-state index is 6.09. The lowest BCUT2D eigenvalue weighted by molar-refractivity contribution is 0.821. The van der Waals surface area contributed by atoms with E-state index in [0.717, 1.165) is 17.5 Å². The number of rotatable bonds is 3. The van der Waals surface area contributed by atoms with E-state index in [1.54, 1.807) is 5.56 Å². The molecular weight excluding hydrogens is 238 g/mol. The van der Waals surface area contributed by atoms with Crippen molar-refractivity contribution in [3.63, 3.8) is 0 Å². The van der Waals surface area contributed by atoms with Gasteiger partial charge < -0.3 is 5.32 Å². The van der Waals surface area contributed by atoms with E-state index in [9.17, 15) is 0 Å². The summed E-state index contributed by atoms with van der Waals surface area (Å²) in [5.41, 5.74) is 1.55. The van der Waals surface area contributed by atoms with Crippen LogP contribution >= 0.6 is 22.9 Å². The molecule has 1 fully saturated rings. The predicted octanol–water partition coefficient (Wildman–Crippen LogP) is 4.15. The second-order valence-corrected chi connectivity index (χ2v) is 5.96. The molecule has 1 aromatic heterocycles. The molecule has 3 heteroatoms. The normalized spacial score (nSPS) is 15.9. The topological polar surface area (TPSA) is 12.0 Å². The van der Waals surface area contributed by atoms with E-state index in [1.807, 2.05) is 24.5 Å². The largest absolute Gasteiger partial charge is 0.315 e. The zero-order valence-corrected chi connectivity index (χ0v) is 10.8. The second-order valence-electron chi connectivity index (χ2n) is 4.38. The summed E-state index contributed by atoms with van der Waals surface area (Å²) in [5, 5.41) is 5.49. The van der Waals surface area contributed by atoms with Crippen molar-refractivity contribution in [1.29, 1.82) is 0 Å². The standard InChI is InChI=1S/C13H14ClNS/c1-15-7-12-13(8-2-3-8)10-6-9(14)4-5-11(10)16-12/h4-6,8,15H,2-3,7H2,1H3. The van der Waals surface area contributed by atoms with Crippen LogP contribution < -0.4 is 5.32 Å². The quantitative estimate of drug-likeness (QED) is 0.864. The zero-order valence-electron chi connectivity index (χ0n) is 9.22. The number of halogens is 1. The summed E-state index contributed by atoms with van der Waals surface area (Å²) in [5.74, 6) is 0.788. The molecule has 0 amide bonds. The van der Waals surface area contributed by atoms with Gasteiger partial charge in [-0.3, -0.25) is 0 Å². The maximum absolute atomic E-state index is 6.09. The van der Waals surface area contributed by atoms with E-state index in [0.29, 0.717) is 0 Å².